The van der Waals surface area contributed by atoms with E-state index in [-0.39, 0.29) is 0 Å². The summed E-state index contributed by atoms with van der Waals surface area (Å²) in [5.41, 5.74) is 2.35. The van der Waals surface area contributed by atoms with Crippen molar-refractivity contribution < 1.29 is 0 Å². The summed E-state index contributed by atoms with van der Waals surface area (Å²) in [6.45, 7) is 1.92. The molecule has 2 nitrogen and oxygen atoms in total. The number of pyridine rings is 2. The zero-order valence-corrected chi connectivity index (χ0v) is 7.28. The lowest BCUT2D eigenvalue weighted by Crippen LogP contribution is -1.90. The highest BCUT2D eigenvalue weighted by atomic mass is 14.8. The summed E-state index contributed by atoms with van der Waals surface area (Å²) >= 11 is 0. The topological polar surface area (TPSA) is 25.8 Å². The van der Waals surface area contributed by atoms with Gasteiger partial charge >= 0.3 is 0 Å². The van der Waals surface area contributed by atoms with Crippen molar-refractivity contribution in [2.75, 3.05) is 0 Å². The van der Waals surface area contributed by atoms with E-state index in [9.17, 15) is 0 Å². The van der Waals surface area contributed by atoms with Gasteiger partial charge in [-0.1, -0.05) is 6.07 Å². The lowest BCUT2D eigenvalue weighted by atomic mass is 10.2. The van der Waals surface area contributed by atoms with Crippen molar-refractivity contribution in [1.82, 2.24) is 9.97 Å². The predicted molar refractivity (Wildman–Crippen MR) is 52.2 cm³/mol. The lowest BCUT2D eigenvalue weighted by molar-refractivity contribution is 1.18. The molecule has 0 radical (unpaired) electrons. The molecule has 0 aliphatic carbocycles. The zero-order chi connectivity index (χ0) is 9.26. The second-order valence-electron chi connectivity index (χ2n) is 2.83. The number of hydrogen-bond acceptors (Lipinski definition) is 2. The minimum atomic E-state index is 0.621. The van der Waals surface area contributed by atoms with Crippen molar-refractivity contribution in [2.45, 2.75) is 6.92 Å². The number of rotatable bonds is 0. The first-order chi connectivity index (χ1) is 6.31. The van der Waals surface area contributed by atoms with Crippen LogP contribution in [-0.4, -0.2) is 9.97 Å². The molecule has 0 fully saturated rings. The van der Waals surface area contributed by atoms with Gasteiger partial charge in [0, 0.05) is 17.3 Å². The van der Waals surface area contributed by atoms with Crippen LogP contribution in [0.3, 0.4) is 0 Å². The van der Waals surface area contributed by atoms with E-state index in [2.05, 4.69) is 15.9 Å². The number of fused-ring (bicyclic) bond motifs is 1. The number of aryl methyl sites for hydroxylation is 1. The van der Waals surface area contributed by atoms with E-state index in [1.54, 1.807) is 6.20 Å². The first kappa shape index (κ1) is 7.75. The summed E-state index contributed by atoms with van der Waals surface area (Å²) in [5.74, 6) is 2.54. The van der Waals surface area contributed by atoms with Gasteiger partial charge in [0.15, 0.2) is 0 Å². The Bertz CT molecular complexity index is 495. The Morgan fingerprint density at radius 1 is 1.46 bits per heavy atom. The number of nitrogens with zero attached hydrogens (tertiary/aromatic N) is 2. The van der Waals surface area contributed by atoms with Crippen LogP contribution in [0.4, 0.5) is 0 Å². The molecule has 0 N–H and O–H groups in total. The molecule has 0 saturated heterocycles. The Hall–Kier alpha value is -1.88. The van der Waals surface area contributed by atoms with Gasteiger partial charge in [-0.15, -0.1) is 6.42 Å². The number of aromatic nitrogens is 2. The molecule has 13 heavy (non-hydrogen) atoms. The van der Waals surface area contributed by atoms with E-state index >= 15 is 0 Å². The van der Waals surface area contributed by atoms with E-state index in [1.807, 2.05) is 25.1 Å². The molecule has 0 aromatic carbocycles. The first-order valence-electron chi connectivity index (χ1n) is 4.00. The molecule has 0 spiro atoms. The molecule has 2 heterocycles. The van der Waals surface area contributed by atoms with Crippen LogP contribution in [0.15, 0.2) is 24.4 Å². The van der Waals surface area contributed by atoms with Crippen LogP contribution >= 0.6 is 0 Å². The van der Waals surface area contributed by atoms with E-state index < -0.39 is 0 Å². The van der Waals surface area contributed by atoms with Gasteiger partial charge in [0.2, 0.25) is 0 Å². The molecule has 62 valence electrons. The maximum Gasteiger partial charge on any atom is 0.139 e. The van der Waals surface area contributed by atoms with Crippen molar-refractivity contribution in [3.63, 3.8) is 0 Å². The molecule has 0 atom stereocenters. The second-order valence-corrected chi connectivity index (χ2v) is 2.83. The van der Waals surface area contributed by atoms with Crippen molar-refractivity contribution >= 4 is 10.9 Å². The molecule has 2 aromatic heterocycles. The monoisotopic (exact) mass is 168 g/mol. The molecule has 0 amide bonds. The highest BCUT2D eigenvalue weighted by molar-refractivity contribution is 5.82. The van der Waals surface area contributed by atoms with Crippen LogP contribution in [0.1, 0.15) is 11.4 Å². The minimum Gasteiger partial charge on any atom is -0.253 e. The summed E-state index contributed by atoms with van der Waals surface area (Å²) in [5, 5.41) is 1.04. The Morgan fingerprint density at radius 2 is 2.31 bits per heavy atom. The SMILES string of the molecule is C#Cc1nc(C)cc2cccnc12. The highest BCUT2D eigenvalue weighted by Crippen LogP contribution is 2.14. The third-order valence-electron chi connectivity index (χ3n) is 1.85. The maximum atomic E-state index is 5.33. The lowest BCUT2D eigenvalue weighted by Gasteiger charge is -2.00. The van der Waals surface area contributed by atoms with Crippen LogP contribution in [-0.2, 0) is 0 Å². The zero-order valence-electron chi connectivity index (χ0n) is 7.28. The van der Waals surface area contributed by atoms with Crippen LogP contribution in [0, 0.1) is 19.3 Å². The Labute approximate surface area is 76.6 Å². The van der Waals surface area contributed by atoms with Crippen molar-refractivity contribution in [1.29, 1.82) is 0 Å². The fraction of sp³-hybridized carbons (Fsp3) is 0.0909. The van der Waals surface area contributed by atoms with Gasteiger partial charge in [0.25, 0.3) is 0 Å². The van der Waals surface area contributed by atoms with Gasteiger partial charge in [0.05, 0.1) is 0 Å². The van der Waals surface area contributed by atoms with E-state index in [1.165, 1.54) is 0 Å². The Morgan fingerprint density at radius 3 is 3.08 bits per heavy atom. The maximum absolute atomic E-state index is 5.33. The van der Waals surface area contributed by atoms with Crippen molar-refractivity contribution in [3.8, 4) is 12.3 Å². The molecule has 0 saturated carbocycles. The van der Waals surface area contributed by atoms with Gasteiger partial charge in [-0.05, 0) is 25.0 Å². The molecule has 2 rings (SSSR count). The molecule has 0 aliphatic rings. The van der Waals surface area contributed by atoms with Gasteiger partial charge < -0.3 is 0 Å². The average Bonchev–Trinajstić information content (AvgIpc) is 2.16. The molecule has 2 heteroatoms. The third-order valence-corrected chi connectivity index (χ3v) is 1.85. The Kier molecular flexibility index (Phi) is 1.71. The minimum absolute atomic E-state index is 0.621. The quantitative estimate of drug-likeness (QED) is 0.561. The van der Waals surface area contributed by atoms with E-state index in [4.69, 9.17) is 6.42 Å². The summed E-state index contributed by atoms with van der Waals surface area (Å²) < 4.78 is 0. The molecular formula is C11H8N2. The standard InChI is InChI=1S/C11H8N2/c1-3-10-11-9(5-4-6-12-11)7-8(2)13-10/h1,4-7H,2H3. The normalized spacial score (nSPS) is 9.85. The Balaban J connectivity index is 2.91. The van der Waals surface area contributed by atoms with Gasteiger partial charge in [-0.3, -0.25) is 4.98 Å². The molecule has 0 aliphatic heterocycles. The largest absolute Gasteiger partial charge is 0.253 e. The molecular weight excluding hydrogens is 160 g/mol. The van der Waals surface area contributed by atoms with Crippen LogP contribution in [0.25, 0.3) is 10.9 Å². The fourth-order valence-corrected chi connectivity index (χ4v) is 1.32. The summed E-state index contributed by atoms with van der Waals surface area (Å²) in [6, 6.07) is 5.85. The van der Waals surface area contributed by atoms with Crippen LogP contribution in [0.5, 0.6) is 0 Å². The summed E-state index contributed by atoms with van der Waals surface area (Å²) in [6.07, 6.45) is 7.05. The average molecular weight is 168 g/mol. The van der Waals surface area contributed by atoms with Crippen LogP contribution in [0.2, 0.25) is 0 Å². The summed E-state index contributed by atoms with van der Waals surface area (Å²) in [4.78, 5) is 8.41. The second kappa shape index (κ2) is 2.87. The highest BCUT2D eigenvalue weighted by Gasteiger charge is 2.01. The fourth-order valence-electron chi connectivity index (χ4n) is 1.32. The predicted octanol–water partition coefficient (Wildman–Crippen LogP) is 1.92. The van der Waals surface area contributed by atoms with E-state index in [0.717, 1.165) is 16.6 Å². The van der Waals surface area contributed by atoms with Gasteiger partial charge in [0.1, 0.15) is 11.2 Å². The smallest absolute Gasteiger partial charge is 0.139 e. The number of terminal acetylenes is 1. The number of hydrogen-bond donors (Lipinski definition) is 0. The van der Waals surface area contributed by atoms with Crippen molar-refractivity contribution in [2.24, 2.45) is 0 Å². The van der Waals surface area contributed by atoms with Crippen molar-refractivity contribution in [3.05, 3.63) is 35.8 Å². The van der Waals surface area contributed by atoms with Crippen LogP contribution < -0.4 is 0 Å². The third kappa shape index (κ3) is 1.25. The van der Waals surface area contributed by atoms with Gasteiger partial charge in [-0.2, -0.15) is 0 Å². The molecule has 0 bridgehead atoms. The summed E-state index contributed by atoms with van der Waals surface area (Å²) in [7, 11) is 0. The van der Waals surface area contributed by atoms with E-state index in [0.29, 0.717) is 5.69 Å². The van der Waals surface area contributed by atoms with Gasteiger partial charge in [-0.25, -0.2) is 4.98 Å². The first-order valence-corrected chi connectivity index (χ1v) is 4.00. The molecule has 0 unspecified atom stereocenters. The molecule has 2 aromatic rings.